The van der Waals surface area contributed by atoms with E-state index in [1.807, 2.05) is 59.5 Å². The highest BCUT2D eigenvalue weighted by molar-refractivity contribution is 7.98. The molecular weight excluding hydrogens is 382 g/mol. The van der Waals surface area contributed by atoms with Crippen molar-refractivity contribution in [2.75, 3.05) is 18.7 Å². The van der Waals surface area contributed by atoms with Crippen molar-refractivity contribution in [2.24, 2.45) is 0 Å². The maximum Gasteiger partial charge on any atom is 0.268 e. The highest BCUT2D eigenvalue weighted by Crippen LogP contribution is 2.21. The van der Waals surface area contributed by atoms with Crippen LogP contribution in [0.1, 0.15) is 5.69 Å². The Labute approximate surface area is 164 Å². The number of nitriles is 1. The maximum atomic E-state index is 12.4. The highest BCUT2D eigenvalue weighted by Gasteiger charge is 2.14. The number of thioether (sulfide) groups is 1. The number of carbonyl (C=O) groups is 1. The predicted octanol–water partition coefficient (Wildman–Crippen LogP) is 3.60. The van der Waals surface area contributed by atoms with E-state index < -0.39 is 5.91 Å². The summed E-state index contributed by atoms with van der Waals surface area (Å²) in [6.07, 6.45) is 5.24. The molecular formula is C18H15N5O2S2. The molecule has 9 heteroatoms. The Kier molecular flexibility index (Phi) is 5.90. The minimum atomic E-state index is -0.524. The van der Waals surface area contributed by atoms with Gasteiger partial charge in [0.25, 0.3) is 5.91 Å². The summed E-state index contributed by atoms with van der Waals surface area (Å²) in [5.41, 5.74) is 1.57. The van der Waals surface area contributed by atoms with Gasteiger partial charge in [-0.05, 0) is 48.7 Å². The molecule has 7 nitrogen and oxygen atoms in total. The van der Waals surface area contributed by atoms with E-state index in [2.05, 4.69) is 14.7 Å². The third kappa shape index (κ3) is 4.36. The molecule has 27 heavy (non-hydrogen) atoms. The van der Waals surface area contributed by atoms with E-state index in [9.17, 15) is 10.1 Å². The Balaban J connectivity index is 1.84. The van der Waals surface area contributed by atoms with Gasteiger partial charge in [-0.3, -0.25) is 10.1 Å². The van der Waals surface area contributed by atoms with Crippen LogP contribution in [-0.2, 0) is 4.79 Å². The summed E-state index contributed by atoms with van der Waals surface area (Å²) in [4.78, 5) is 16.6. The molecule has 1 amide bonds. The molecule has 2 aromatic heterocycles. The number of benzene rings is 1. The van der Waals surface area contributed by atoms with E-state index in [1.54, 1.807) is 7.11 Å². The molecule has 0 aliphatic carbocycles. The van der Waals surface area contributed by atoms with E-state index in [1.165, 1.54) is 17.8 Å². The number of aromatic nitrogens is 3. The van der Waals surface area contributed by atoms with Crippen molar-refractivity contribution in [1.82, 2.24) is 13.9 Å². The summed E-state index contributed by atoms with van der Waals surface area (Å²) in [5.74, 6) is 0.227. The fourth-order valence-corrected chi connectivity index (χ4v) is 3.42. The first kappa shape index (κ1) is 18.7. The van der Waals surface area contributed by atoms with Crippen LogP contribution in [0.25, 0.3) is 11.8 Å². The first-order valence-corrected chi connectivity index (χ1v) is 9.77. The minimum Gasteiger partial charge on any atom is -0.497 e. The molecule has 0 radical (unpaired) electrons. The van der Waals surface area contributed by atoms with E-state index in [4.69, 9.17) is 4.74 Å². The molecule has 136 valence electrons. The molecule has 0 aliphatic rings. The Morgan fingerprint density at radius 3 is 2.78 bits per heavy atom. The van der Waals surface area contributed by atoms with Crippen molar-refractivity contribution >= 4 is 40.4 Å². The van der Waals surface area contributed by atoms with Crippen LogP contribution in [0.5, 0.6) is 5.75 Å². The summed E-state index contributed by atoms with van der Waals surface area (Å²) in [5, 5.41) is 13.0. The van der Waals surface area contributed by atoms with Crippen LogP contribution in [0.2, 0.25) is 0 Å². The first-order chi connectivity index (χ1) is 13.1. The van der Waals surface area contributed by atoms with Crippen molar-refractivity contribution in [3.63, 3.8) is 0 Å². The number of hydrogen-bond donors (Lipinski definition) is 1. The quantitative estimate of drug-likeness (QED) is 0.388. The molecule has 0 saturated carbocycles. The zero-order valence-electron chi connectivity index (χ0n) is 14.5. The molecule has 0 saturated heterocycles. The molecule has 2 heterocycles. The first-order valence-electron chi connectivity index (χ1n) is 7.77. The van der Waals surface area contributed by atoms with Gasteiger partial charge in [0, 0.05) is 29.1 Å². The second kappa shape index (κ2) is 8.53. The van der Waals surface area contributed by atoms with Crippen LogP contribution in [0.4, 0.5) is 5.13 Å². The predicted molar refractivity (Wildman–Crippen MR) is 106 cm³/mol. The zero-order chi connectivity index (χ0) is 19.2. The van der Waals surface area contributed by atoms with Crippen molar-refractivity contribution in [3.8, 4) is 17.5 Å². The van der Waals surface area contributed by atoms with Gasteiger partial charge in [-0.2, -0.15) is 14.6 Å². The number of methoxy groups -OCH3 is 1. The number of anilines is 1. The third-order valence-electron chi connectivity index (χ3n) is 3.60. The standard InChI is InChI=1S/C18H15N5O2S2/c1-25-15-7-5-13(6-8-15)23-9-3-4-14(23)10-12(11-19)16(24)20-17-21-18(26-2)22-27-17/h3-10H,1-2H3,(H,20,21,22,24)/b12-10-. The van der Waals surface area contributed by atoms with E-state index in [0.29, 0.717) is 16.0 Å². The highest BCUT2D eigenvalue weighted by atomic mass is 32.2. The molecule has 1 aromatic carbocycles. The summed E-state index contributed by atoms with van der Waals surface area (Å²) < 4.78 is 11.1. The lowest BCUT2D eigenvalue weighted by Crippen LogP contribution is -2.13. The summed E-state index contributed by atoms with van der Waals surface area (Å²) in [6, 6.07) is 13.1. The Bertz CT molecular complexity index is 1020. The van der Waals surface area contributed by atoms with E-state index in [-0.39, 0.29) is 5.57 Å². The van der Waals surface area contributed by atoms with Gasteiger partial charge >= 0.3 is 0 Å². The molecule has 3 aromatic rings. The van der Waals surface area contributed by atoms with Crippen molar-refractivity contribution in [1.29, 1.82) is 5.26 Å². The maximum absolute atomic E-state index is 12.4. The average Bonchev–Trinajstić information content (AvgIpc) is 3.35. The number of hydrogen-bond acceptors (Lipinski definition) is 7. The molecule has 0 atom stereocenters. The lowest BCUT2D eigenvalue weighted by molar-refractivity contribution is -0.112. The number of nitrogens with zero attached hydrogens (tertiary/aromatic N) is 4. The smallest absolute Gasteiger partial charge is 0.268 e. The van der Waals surface area contributed by atoms with Gasteiger partial charge in [-0.1, -0.05) is 11.8 Å². The lowest BCUT2D eigenvalue weighted by atomic mass is 10.2. The van der Waals surface area contributed by atoms with Crippen LogP contribution in [0.3, 0.4) is 0 Å². The fourth-order valence-electron chi connectivity index (χ4n) is 2.29. The summed E-state index contributed by atoms with van der Waals surface area (Å²) in [6.45, 7) is 0. The van der Waals surface area contributed by atoms with Gasteiger partial charge in [0.05, 0.1) is 7.11 Å². The Hall–Kier alpha value is -3.09. The molecule has 1 N–H and O–H groups in total. The van der Waals surface area contributed by atoms with Gasteiger partial charge in [0.15, 0.2) is 0 Å². The van der Waals surface area contributed by atoms with Gasteiger partial charge in [-0.25, -0.2) is 0 Å². The van der Waals surface area contributed by atoms with Crippen molar-refractivity contribution in [3.05, 3.63) is 53.9 Å². The topological polar surface area (TPSA) is 92.8 Å². The van der Waals surface area contributed by atoms with Gasteiger partial charge in [-0.15, -0.1) is 0 Å². The van der Waals surface area contributed by atoms with Crippen LogP contribution in [0.15, 0.2) is 53.3 Å². The largest absolute Gasteiger partial charge is 0.497 e. The molecule has 0 fully saturated rings. The monoisotopic (exact) mass is 397 g/mol. The zero-order valence-corrected chi connectivity index (χ0v) is 16.2. The summed E-state index contributed by atoms with van der Waals surface area (Å²) in [7, 11) is 1.61. The molecule has 3 rings (SSSR count). The lowest BCUT2D eigenvalue weighted by Gasteiger charge is -2.08. The Morgan fingerprint density at radius 2 is 2.15 bits per heavy atom. The molecule has 0 aliphatic heterocycles. The van der Waals surface area contributed by atoms with Crippen molar-refractivity contribution < 1.29 is 9.53 Å². The third-order valence-corrected chi connectivity index (χ3v) is 4.89. The Morgan fingerprint density at radius 1 is 1.37 bits per heavy atom. The van der Waals surface area contributed by atoms with Gasteiger partial charge < -0.3 is 9.30 Å². The molecule has 0 bridgehead atoms. The van der Waals surface area contributed by atoms with Crippen LogP contribution < -0.4 is 10.1 Å². The van der Waals surface area contributed by atoms with E-state index >= 15 is 0 Å². The number of rotatable bonds is 6. The van der Waals surface area contributed by atoms with Crippen LogP contribution >= 0.6 is 23.3 Å². The number of ether oxygens (including phenoxy) is 1. The second-order valence-electron chi connectivity index (χ2n) is 5.21. The average molecular weight is 397 g/mol. The SMILES string of the molecule is COc1ccc(-n2cccc2/C=C(/C#N)C(=O)Nc2nc(SC)ns2)cc1. The van der Waals surface area contributed by atoms with Crippen molar-refractivity contribution in [2.45, 2.75) is 5.16 Å². The summed E-state index contributed by atoms with van der Waals surface area (Å²) >= 11 is 2.46. The fraction of sp³-hybridized carbons (Fsp3) is 0.111. The molecule has 0 spiro atoms. The number of amides is 1. The normalized spacial score (nSPS) is 11.1. The molecule has 0 unspecified atom stereocenters. The number of carbonyl (C=O) groups excluding carboxylic acids is 1. The minimum absolute atomic E-state index is 0.0237. The van der Waals surface area contributed by atoms with Gasteiger partial charge in [0.2, 0.25) is 10.3 Å². The van der Waals surface area contributed by atoms with Crippen LogP contribution in [0, 0.1) is 11.3 Å². The number of nitrogens with one attached hydrogen (secondary N) is 1. The van der Waals surface area contributed by atoms with E-state index in [0.717, 1.165) is 23.0 Å². The van der Waals surface area contributed by atoms with Crippen LogP contribution in [-0.4, -0.2) is 33.2 Å². The van der Waals surface area contributed by atoms with Gasteiger partial charge in [0.1, 0.15) is 17.4 Å². The second-order valence-corrected chi connectivity index (χ2v) is 6.74.